The van der Waals surface area contributed by atoms with E-state index in [0.29, 0.717) is 13.2 Å². The summed E-state index contributed by atoms with van der Waals surface area (Å²) in [5.41, 5.74) is 2.38. The average Bonchev–Trinajstić information content (AvgIpc) is 2.50. The Morgan fingerprint density at radius 1 is 1.24 bits per heavy atom. The fraction of sp³-hybridized carbons (Fsp3) is 0.562. The number of carbonyl (C=O) groups excluding carboxylic acids is 1. The molecule has 0 spiro atoms. The van der Waals surface area contributed by atoms with Crippen LogP contribution in [0.2, 0.25) is 0 Å². The smallest absolute Gasteiger partial charge is 0.236 e. The lowest BCUT2D eigenvalue weighted by molar-refractivity contribution is -0.132. The van der Waals surface area contributed by atoms with E-state index < -0.39 is 0 Å². The Hall–Kier alpha value is -1.43. The lowest BCUT2D eigenvalue weighted by Crippen LogP contribution is -2.49. The Kier molecular flexibility index (Phi) is 6.17. The molecule has 2 rings (SSSR count). The predicted molar refractivity (Wildman–Crippen MR) is 82.9 cm³/mol. The monoisotopic (exact) mass is 291 g/mol. The van der Waals surface area contributed by atoms with Crippen LogP contribution in [0.25, 0.3) is 0 Å². The minimum Gasteiger partial charge on any atom is -0.380 e. The van der Waals surface area contributed by atoms with Gasteiger partial charge in [-0.1, -0.05) is 24.3 Å². The zero-order chi connectivity index (χ0) is 15.1. The van der Waals surface area contributed by atoms with Gasteiger partial charge in [-0.05, 0) is 18.2 Å². The second kappa shape index (κ2) is 8.12. The average molecular weight is 291 g/mol. The molecular weight excluding hydrogens is 266 g/mol. The van der Waals surface area contributed by atoms with E-state index in [-0.39, 0.29) is 5.91 Å². The largest absolute Gasteiger partial charge is 0.380 e. The molecule has 0 unspecified atom stereocenters. The minimum atomic E-state index is 0.218. The molecule has 0 atom stereocenters. The molecule has 1 fully saturated rings. The number of carbonyl (C=O) groups is 1. The van der Waals surface area contributed by atoms with Crippen molar-refractivity contribution in [3.8, 4) is 0 Å². The van der Waals surface area contributed by atoms with Crippen molar-refractivity contribution in [1.82, 2.24) is 15.1 Å². The quantitative estimate of drug-likeness (QED) is 0.838. The van der Waals surface area contributed by atoms with Crippen LogP contribution < -0.4 is 5.32 Å². The molecule has 1 aromatic rings. The first-order valence-electron chi connectivity index (χ1n) is 7.43. The lowest BCUT2D eigenvalue weighted by Gasteiger charge is -2.29. The van der Waals surface area contributed by atoms with Gasteiger partial charge >= 0.3 is 0 Å². The molecule has 21 heavy (non-hydrogen) atoms. The number of hydrogen-bond acceptors (Lipinski definition) is 4. The first-order chi connectivity index (χ1) is 10.2. The molecule has 1 aromatic carbocycles. The van der Waals surface area contributed by atoms with Crippen LogP contribution in [-0.4, -0.2) is 62.6 Å². The van der Waals surface area contributed by atoms with Crippen molar-refractivity contribution in [2.24, 2.45) is 0 Å². The maximum Gasteiger partial charge on any atom is 0.236 e. The Balaban J connectivity index is 1.80. The summed E-state index contributed by atoms with van der Waals surface area (Å²) < 4.78 is 5.10. The van der Waals surface area contributed by atoms with Crippen molar-refractivity contribution in [3.05, 3.63) is 35.4 Å². The number of amides is 1. The zero-order valence-electron chi connectivity index (χ0n) is 13.0. The Morgan fingerprint density at radius 2 is 1.86 bits per heavy atom. The van der Waals surface area contributed by atoms with Gasteiger partial charge in [0.1, 0.15) is 0 Å². The summed E-state index contributed by atoms with van der Waals surface area (Å²) in [4.78, 5) is 16.2. The van der Waals surface area contributed by atoms with Gasteiger partial charge in [-0.3, -0.25) is 9.69 Å². The molecule has 1 aliphatic rings. The van der Waals surface area contributed by atoms with Gasteiger partial charge in [-0.15, -0.1) is 0 Å². The van der Waals surface area contributed by atoms with E-state index in [1.54, 1.807) is 7.11 Å². The van der Waals surface area contributed by atoms with Crippen LogP contribution in [0.5, 0.6) is 0 Å². The van der Waals surface area contributed by atoms with Gasteiger partial charge in [0, 0.05) is 39.8 Å². The van der Waals surface area contributed by atoms with E-state index in [2.05, 4.69) is 34.5 Å². The number of ether oxygens (including phenoxy) is 1. The molecule has 0 aliphatic carbocycles. The topological polar surface area (TPSA) is 44.8 Å². The summed E-state index contributed by atoms with van der Waals surface area (Å²) in [5, 5.41) is 3.26. The minimum absolute atomic E-state index is 0.218. The first kappa shape index (κ1) is 15.9. The number of likely N-dealkylation sites (N-methyl/N-ethyl adjacent to an activating group) is 1. The number of nitrogens with zero attached hydrogens (tertiary/aromatic N) is 2. The maximum absolute atomic E-state index is 12.2. The van der Waals surface area contributed by atoms with Gasteiger partial charge in [0.25, 0.3) is 0 Å². The van der Waals surface area contributed by atoms with Crippen molar-refractivity contribution in [2.45, 2.75) is 13.2 Å². The highest BCUT2D eigenvalue weighted by Gasteiger charge is 2.17. The van der Waals surface area contributed by atoms with Crippen LogP contribution in [-0.2, 0) is 22.7 Å². The SMILES string of the molecule is COCc1ccc(CN(C)CC(=O)N2CCNCC2)cc1. The van der Waals surface area contributed by atoms with E-state index >= 15 is 0 Å². The summed E-state index contributed by atoms with van der Waals surface area (Å²) in [6.45, 7) is 5.33. The van der Waals surface area contributed by atoms with Crippen LogP contribution in [0.1, 0.15) is 11.1 Å². The van der Waals surface area contributed by atoms with Crippen LogP contribution >= 0.6 is 0 Å². The van der Waals surface area contributed by atoms with Crippen LogP contribution in [0.15, 0.2) is 24.3 Å². The third-order valence-corrected chi connectivity index (χ3v) is 3.66. The van der Waals surface area contributed by atoms with E-state index in [1.807, 2.05) is 11.9 Å². The number of nitrogens with one attached hydrogen (secondary N) is 1. The van der Waals surface area contributed by atoms with Crippen molar-refractivity contribution in [2.75, 3.05) is 46.9 Å². The van der Waals surface area contributed by atoms with Crippen molar-refractivity contribution in [1.29, 1.82) is 0 Å². The maximum atomic E-state index is 12.2. The second-order valence-electron chi connectivity index (χ2n) is 5.55. The highest BCUT2D eigenvalue weighted by atomic mass is 16.5. The van der Waals surface area contributed by atoms with E-state index in [9.17, 15) is 4.79 Å². The van der Waals surface area contributed by atoms with Crippen LogP contribution in [0, 0.1) is 0 Å². The molecule has 1 N–H and O–H groups in total. The normalized spacial score (nSPS) is 15.5. The fourth-order valence-corrected chi connectivity index (χ4v) is 2.52. The van der Waals surface area contributed by atoms with Crippen molar-refractivity contribution in [3.63, 3.8) is 0 Å². The number of benzene rings is 1. The molecule has 5 nitrogen and oxygen atoms in total. The summed E-state index contributed by atoms with van der Waals surface area (Å²) >= 11 is 0. The van der Waals surface area contributed by atoms with Gasteiger partial charge < -0.3 is 15.0 Å². The highest BCUT2D eigenvalue weighted by molar-refractivity contribution is 5.78. The summed E-state index contributed by atoms with van der Waals surface area (Å²) in [7, 11) is 3.69. The third kappa shape index (κ3) is 5.12. The van der Waals surface area contributed by atoms with Gasteiger partial charge in [0.2, 0.25) is 5.91 Å². The summed E-state index contributed by atoms with van der Waals surface area (Å²) in [6, 6.07) is 8.34. The Labute approximate surface area is 126 Å². The molecule has 0 saturated carbocycles. The molecule has 1 heterocycles. The standard InChI is InChI=1S/C16H25N3O2/c1-18(12-16(20)19-9-7-17-8-10-19)11-14-3-5-15(6-4-14)13-21-2/h3-6,17H,7-13H2,1-2H3. The molecule has 0 aromatic heterocycles. The molecule has 116 valence electrons. The summed E-state index contributed by atoms with van der Waals surface area (Å²) in [5.74, 6) is 0.218. The number of piperazine rings is 1. The van der Waals surface area contributed by atoms with E-state index in [0.717, 1.165) is 32.7 Å². The van der Waals surface area contributed by atoms with Crippen LogP contribution in [0.3, 0.4) is 0 Å². The molecule has 1 aliphatic heterocycles. The molecule has 0 radical (unpaired) electrons. The Bertz CT molecular complexity index is 441. The van der Waals surface area contributed by atoms with E-state index in [1.165, 1.54) is 11.1 Å². The molecule has 0 bridgehead atoms. The molecule has 5 heteroatoms. The van der Waals surface area contributed by atoms with Crippen LogP contribution in [0.4, 0.5) is 0 Å². The predicted octanol–water partition coefficient (Wildman–Crippen LogP) is 0.697. The summed E-state index contributed by atoms with van der Waals surface area (Å²) in [6.07, 6.45) is 0. The number of methoxy groups -OCH3 is 1. The van der Waals surface area contributed by atoms with Crippen molar-refractivity contribution >= 4 is 5.91 Å². The van der Waals surface area contributed by atoms with Gasteiger partial charge in [-0.2, -0.15) is 0 Å². The van der Waals surface area contributed by atoms with Gasteiger partial charge in [0.15, 0.2) is 0 Å². The lowest BCUT2D eigenvalue weighted by atomic mass is 10.1. The second-order valence-corrected chi connectivity index (χ2v) is 5.55. The van der Waals surface area contributed by atoms with E-state index in [4.69, 9.17) is 4.74 Å². The molecule has 1 amide bonds. The van der Waals surface area contributed by atoms with Crippen molar-refractivity contribution < 1.29 is 9.53 Å². The Morgan fingerprint density at radius 3 is 2.48 bits per heavy atom. The molecule has 1 saturated heterocycles. The first-order valence-corrected chi connectivity index (χ1v) is 7.43. The fourth-order valence-electron chi connectivity index (χ4n) is 2.52. The third-order valence-electron chi connectivity index (χ3n) is 3.66. The highest BCUT2D eigenvalue weighted by Crippen LogP contribution is 2.08. The van der Waals surface area contributed by atoms with Gasteiger partial charge in [0.05, 0.1) is 13.2 Å². The molecular formula is C16H25N3O2. The number of rotatable bonds is 6. The number of hydrogen-bond donors (Lipinski definition) is 1. The zero-order valence-corrected chi connectivity index (χ0v) is 13.0. The van der Waals surface area contributed by atoms with Gasteiger partial charge in [-0.25, -0.2) is 0 Å².